The lowest BCUT2D eigenvalue weighted by atomic mass is 10.1. The maximum absolute atomic E-state index is 12.4. The van der Waals surface area contributed by atoms with Crippen LogP contribution < -0.4 is 5.63 Å². The van der Waals surface area contributed by atoms with E-state index < -0.39 is 5.63 Å². The number of fused-ring (bicyclic) bond motifs is 1. The molecule has 2 heterocycles. The molecule has 6 nitrogen and oxygen atoms in total. The largest absolute Gasteiger partial charge is 0.423 e. The molecule has 0 bridgehead atoms. The van der Waals surface area contributed by atoms with Crippen molar-refractivity contribution in [1.29, 1.82) is 0 Å². The summed E-state index contributed by atoms with van der Waals surface area (Å²) in [4.78, 5) is 39.2. The molecule has 2 aliphatic rings. The maximum atomic E-state index is 12.4. The average Bonchev–Trinajstić information content (AvgIpc) is 3.29. The summed E-state index contributed by atoms with van der Waals surface area (Å²) >= 11 is 0. The zero-order valence-electron chi connectivity index (χ0n) is 12.7. The third kappa shape index (κ3) is 2.40. The Morgan fingerprint density at radius 1 is 1.17 bits per heavy atom. The summed E-state index contributed by atoms with van der Waals surface area (Å²) in [5.41, 5.74) is 1.61. The van der Waals surface area contributed by atoms with Crippen LogP contribution in [0.4, 0.5) is 4.79 Å². The third-order valence-electron chi connectivity index (χ3n) is 4.39. The molecule has 23 heavy (non-hydrogen) atoms. The van der Waals surface area contributed by atoms with Gasteiger partial charge in [0.25, 0.3) is 5.91 Å². The fourth-order valence-corrected chi connectivity index (χ4v) is 3.03. The molecule has 1 aromatic carbocycles. The highest BCUT2D eigenvalue weighted by molar-refractivity contribution is 6.02. The first-order chi connectivity index (χ1) is 11.0. The topological polar surface area (TPSA) is 70.8 Å². The number of rotatable bonds is 3. The predicted octanol–water partition coefficient (Wildman–Crippen LogP) is 2.03. The molecule has 3 amide bonds. The van der Waals surface area contributed by atoms with Gasteiger partial charge in [0.2, 0.25) is 0 Å². The van der Waals surface area contributed by atoms with Gasteiger partial charge in [-0.15, -0.1) is 0 Å². The Labute approximate surface area is 132 Å². The number of benzene rings is 1. The van der Waals surface area contributed by atoms with Crippen molar-refractivity contribution < 1.29 is 14.0 Å². The first-order valence-electron chi connectivity index (χ1n) is 7.67. The Morgan fingerprint density at radius 3 is 2.70 bits per heavy atom. The lowest BCUT2D eigenvalue weighted by Crippen LogP contribution is -2.33. The summed E-state index contributed by atoms with van der Waals surface area (Å²) in [6, 6.07) is 6.85. The van der Waals surface area contributed by atoms with E-state index in [1.807, 2.05) is 19.1 Å². The molecular formula is C17H16N2O4. The highest BCUT2D eigenvalue weighted by Gasteiger charge is 2.43. The van der Waals surface area contributed by atoms with Crippen molar-refractivity contribution in [2.75, 3.05) is 6.54 Å². The van der Waals surface area contributed by atoms with Gasteiger partial charge in [-0.1, -0.05) is 12.1 Å². The van der Waals surface area contributed by atoms with Gasteiger partial charge in [-0.3, -0.25) is 9.69 Å². The SMILES string of the molecule is Cc1ccc2c(CN3C(=O)CN(C4CC4)C3=O)cc(=O)oc2c1. The number of imide groups is 1. The molecule has 0 atom stereocenters. The van der Waals surface area contributed by atoms with Crippen molar-refractivity contribution >= 4 is 22.9 Å². The molecule has 2 aromatic rings. The van der Waals surface area contributed by atoms with Crippen LogP contribution >= 0.6 is 0 Å². The van der Waals surface area contributed by atoms with E-state index >= 15 is 0 Å². The quantitative estimate of drug-likeness (QED) is 0.642. The summed E-state index contributed by atoms with van der Waals surface area (Å²) < 4.78 is 5.22. The van der Waals surface area contributed by atoms with Crippen LogP contribution in [0.2, 0.25) is 0 Å². The second-order valence-electron chi connectivity index (χ2n) is 6.21. The molecule has 0 radical (unpaired) electrons. The normalized spacial score (nSPS) is 18.3. The molecular weight excluding hydrogens is 296 g/mol. The molecule has 0 N–H and O–H groups in total. The standard InChI is InChI=1S/C17H16N2O4/c1-10-2-5-13-11(7-16(21)23-14(13)6-10)8-19-15(20)9-18(17(19)22)12-3-4-12/h2,5-7,12H,3-4,8-9H2,1H3. The first-order valence-corrected chi connectivity index (χ1v) is 7.67. The van der Waals surface area contributed by atoms with E-state index in [2.05, 4.69) is 0 Å². The van der Waals surface area contributed by atoms with E-state index in [9.17, 15) is 14.4 Å². The van der Waals surface area contributed by atoms with Gasteiger partial charge in [0, 0.05) is 17.5 Å². The highest BCUT2D eigenvalue weighted by atomic mass is 16.4. The Kier molecular flexibility index (Phi) is 3.01. The third-order valence-corrected chi connectivity index (χ3v) is 4.39. The summed E-state index contributed by atoms with van der Waals surface area (Å²) in [7, 11) is 0. The van der Waals surface area contributed by atoms with Crippen molar-refractivity contribution in [3.05, 3.63) is 45.8 Å². The molecule has 1 saturated heterocycles. The first kappa shape index (κ1) is 14.0. The van der Waals surface area contributed by atoms with E-state index in [1.165, 1.54) is 11.0 Å². The van der Waals surface area contributed by atoms with E-state index in [-0.39, 0.29) is 31.1 Å². The van der Waals surface area contributed by atoms with Crippen LogP contribution in [0.25, 0.3) is 11.0 Å². The molecule has 118 valence electrons. The smallest absolute Gasteiger partial charge is 0.336 e. The lowest BCUT2D eigenvalue weighted by molar-refractivity contribution is -0.125. The molecule has 1 aliphatic carbocycles. The van der Waals surface area contributed by atoms with Gasteiger partial charge in [0.05, 0.1) is 6.54 Å². The zero-order chi connectivity index (χ0) is 16.1. The van der Waals surface area contributed by atoms with Crippen LogP contribution in [-0.4, -0.2) is 34.3 Å². The minimum Gasteiger partial charge on any atom is -0.423 e. The van der Waals surface area contributed by atoms with Gasteiger partial charge in [-0.2, -0.15) is 0 Å². The predicted molar refractivity (Wildman–Crippen MR) is 82.9 cm³/mol. The van der Waals surface area contributed by atoms with Gasteiger partial charge < -0.3 is 9.32 Å². The van der Waals surface area contributed by atoms with Gasteiger partial charge in [0.1, 0.15) is 12.1 Å². The van der Waals surface area contributed by atoms with E-state index in [1.54, 1.807) is 11.0 Å². The molecule has 1 aliphatic heterocycles. The molecule has 4 rings (SSSR count). The Morgan fingerprint density at radius 2 is 1.96 bits per heavy atom. The van der Waals surface area contributed by atoms with Gasteiger partial charge in [0.15, 0.2) is 0 Å². The van der Waals surface area contributed by atoms with E-state index in [0.29, 0.717) is 11.1 Å². The number of aryl methyl sites for hydroxylation is 1. The maximum Gasteiger partial charge on any atom is 0.336 e. The highest BCUT2D eigenvalue weighted by Crippen LogP contribution is 2.31. The molecule has 1 aromatic heterocycles. The number of hydrogen-bond acceptors (Lipinski definition) is 4. The Bertz CT molecular complexity index is 882. The van der Waals surface area contributed by atoms with Gasteiger partial charge in [-0.05, 0) is 37.0 Å². The minimum atomic E-state index is -0.476. The van der Waals surface area contributed by atoms with Crippen molar-refractivity contribution in [3.63, 3.8) is 0 Å². The number of urea groups is 1. The molecule has 0 unspecified atom stereocenters. The molecule has 0 spiro atoms. The minimum absolute atomic E-state index is 0.103. The number of amides is 3. The lowest BCUT2D eigenvalue weighted by Gasteiger charge is -2.17. The van der Waals surface area contributed by atoms with Crippen LogP contribution in [0.5, 0.6) is 0 Å². The number of carbonyl (C=O) groups excluding carboxylic acids is 2. The fraction of sp³-hybridized carbons (Fsp3) is 0.353. The molecule has 2 fully saturated rings. The Balaban J connectivity index is 1.71. The summed E-state index contributed by atoms with van der Waals surface area (Å²) in [5.74, 6) is -0.213. The average molecular weight is 312 g/mol. The monoisotopic (exact) mass is 312 g/mol. The van der Waals surface area contributed by atoms with Crippen molar-refractivity contribution in [1.82, 2.24) is 9.80 Å². The number of hydrogen-bond donors (Lipinski definition) is 0. The summed E-state index contributed by atoms with van der Waals surface area (Å²) in [5, 5.41) is 0.751. The second kappa shape index (κ2) is 4.94. The van der Waals surface area contributed by atoms with Crippen LogP contribution in [0.3, 0.4) is 0 Å². The van der Waals surface area contributed by atoms with Gasteiger partial charge in [-0.25, -0.2) is 9.59 Å². The summed E-state index contributed by atoms with van der Waals surface area (Å²) in [6.45, 7) is 2.15. The number of nitrogens with zero attached hydrogens (tertiary/aromatic N) is 2. The van der Waals surface area contributed by atoms with Crippen LogP contribution in [0, 0.1) is 6.92 Å². The van der Waals surface area contributed by atoms with Crippen molar-refractivity contribution in [2.24, 2.45) is 0 Å². The number of carbonyl (C=O) groups is 2. The van der Waals surface area contributed by atoms with Crippen LogP contribution in [-0.2, 0) is 11.3 Å². The van der Waals surface area contributed by atoms with E-state index in [4.69, 9.17) is 4.42 Å². The van der Waals surface area contributed by atoms with Crippen molar-refractivity contribution in [2.45, 2.75) is 32.4 Å². The second-order valence-corrected chi connectivity index (χ2v) is 6.21. The molecule has 1 saturated carbocycles. The molecule has 6 heteroatoms. The fourth-order valence-electron chi connectivity index (χ4n) is 3.03. The Hall–Kier alpha value is -2.63. The zero-order valence-corrected chi connectivity index (χ0v) is 12.7. The van der Waals surface area contributed by atoms with Crippen LogP contribution in [0.1, 0.15) is 24.0 Å². The summed E-state index contributed by atoms with van der Waals surface area (Å²) in [6.07, 6.45) is 1.92. The van der Waals surface area contributed by atoms with E-state index in [0.717, 1.165) is 23.8 Å². The van der Waals surface area contributed by atoms with Crippen molar-refractivity contribution in [3.8, 4) is 0 Å². The van der Waals surface area contributed by atoms with Crippen LogP contribution in [0.15, 0.2) is 33.5 Å². The van der Waals surface area contributed by atoms with Gasteiger partial charge >= 0.3 is 11.7 Å².